The molecule has 0 saturated heterocycles. The zero-order valence-corrected chi connectivity index (χ0v) is 12.9. The van der Waals surface area contributed by atoms with Gasteiger partial charge in [-0.3, -0.25) is 10.1 Å². The lowest BCUT2D eigenvalue weighted by Crippen LogP contribution is -1.99. The van der Waals surface area contributed by atoms with Crippen molar-refractivity contribution in [3.63, 3.8) is 0 Å². The molecule has 0 radical (unpaired) electrons. The predicted molar refractivity (Wildman–Crippen MR) is 84.3 cm³/mol. The predicted octanol–water partition coefficient (Wildman–Crippen LogP) is 3.80. The summed E-state index contributed by atoms with van der Waals surface area (Å²) in [7, 11) is 0. The molecule has 2 heterocycles. The standard InChI is InChI=1S/C15H13N3O3S/c1-9-10(2)22-15-13(9)14(16-8-17-15)21-7-11-3-5-12(6-4-11)18(19)20/h3-6,8H,7H2,1-2H3. The lowest BCUT2D eigenvalue weighted by molar-refractivity contribution is -0.384. The van der Waals surface area contributed by atoms with Gasteiger partial charge in [0.2, 0.25) is 5.88 Å². The van der Waals surface area contributed by atoms with Crippen molar-refractivity contribution in [3.05, 3.63) is 56.7 Å². The molecule has 3 aromatic rings. The van der Waals surface area contributed by atoms with Crippen molar-refractivity contribution in [2.75, 3.05) is 0 Å². The molecule has 0 aliphatic heterocycles. The Hall–Kier alpha value is -2.54. The molecular weight excluding hydrogens is 302 g/mol. The van der Waals surface area contributed by atoms with E-state index < -0.39 is 4.92 Å². The summed E-state index contributed by atoms with van der Waals surface area (Å²) in [6, 6.07) is 6.30. The number of nitro benzene ring substituents is 1. The number of thiophene rings is 1. The van der Waals surface area contributed by atoms with Crippen LogP contribution in [0.25, 0.3) is 10.2 Å². The average molecular weight is 315 g/mol. The third kappa shape index (κ3) is 2.62. The molecule has 0 bridgehead atoms. The maximum Gasteiger partial charge on any atom is 0.269 e. The number of non-ortho nitro benzene ring substituents is 1. The van der Waals surface area contributed by atoms with Gasteiger partial charge >= 0.3 is 0 Å². The quantitative estimate of drug-likeness (QED) is 0.540. The van der Waals surface area contributed by atoms with Crippen LogP contribution in [0.3, 0.4) is 0 Å². The number of hydrogen-bond acceptors (Lipinski definition) is 6. The number of hydrogen-bond donors (Lipinski definition) is 0. The van der Waals surface area contributed by atoms with Crippen LogP contribution in [0.1, 0.15) is 16.0 Å². The molecule has 22 heavy (non-hydrogen) atoms. The Morgan fingerprint density at radius 3 is 2.64 bits per heavy atom. The molecule has 0 aliphatic carbocycles. The Balaban J connectivity index is 1.83. The zero-order chi connectivity index (χ0) is 15.7. The Bertz CT molecular complexity index is 843. The van der Waals surface area contributed by atoms with E-state index in [-0.39, 0.29) is 5.69 Å². The third-order valence-electron chi connectivity index (χ3n) is 3.45. The number of rotatable bonds is 4. The van der Waals surface area contributed by atoms with Gasteiger partial charge in [0.05, 0.1) is 10.3 Å². The summed E-state index contributed by atoms with van der Waals surface area (Å²) in [6.07, 6.45) is 1.49. The fourth-order valence-electron chi connectivity index (χ4n) is 2.13. The van der Waals surface area contributed by atoms with Gasteiger partial charge in [-0.1, -0.05) is 0 Å². The minimum Gasteiger partial charge on any atom is -0.472 e. The van der Waals surface area contributed by atoms with Crippen LogP contribution in [0.15, 0.2) is 30.6 Å². The molecule has 0 atom stereocenters. The van der Waals surface area contributed by atoms with E-state index >= 15 is 0 Å². The topological polar surface area (TPSA) is 78.2 Å². The molecule has 6 nitrogen and oxygen atoms in total. The van der Waals surface area contributed by atoms with Crippen LogP contribution >= 0.6 is 11.3 Å². The van der Waals surface area contributed by atoms with E-state index in [2.05, 4.69) is 9.97 Å². The molecule has 0 amide bonds. The van der Waals surface area contributed by atoms with Crippen LogP contribution in [-0.4, -0.2) is 14.9 Å². The van der Waals surface area contributed by atoms with Crippen molar-refractivity contribution < 1.29 is 9.66 Å². The second-order valence-corrected chi connectivity index (χ2v) is 6.06. The fourth-order valence-corrected chi connectivity index (χ4v) is 3.11. The van der Waals surface area contributed by atoms with E-state index in [4.69, 9.17) is 4.74 Å². The molecule has 7 heteroatoms. The first kappa shape index (κ1) is 14.4. The van der Waals surface area contributed by atoms with Gasteiger partial charge in [-0.25, -0.2) is 9.97 Å². The number of nitro groups is 1. The van der Waals surface area contributed by atoms with E-state index in [1.54, 1.807) is 23.5 Å². The van der Waals surface area contributed by atoms with Gasteiger partial charge < -0.3 is 4.74 Å². The monoisotopic (exact) mass is 315 g/mol. The molecule has 0 fully saturated rings. The van der Waals surface area contributed by atoms with Gasteiger partial charge in [-0.05, 0) is 37.1 Å². The highest BCUT2D eigenvalue weighted by atomic mass is 32.1. The lowest BCUT2D eigenvalue weighted by atomic mass is 10.2. The molecule has 0 N–H and O–H groups in total. The molecule has 3 rings (SSSR count). The van der Waals surface area contributed by atoms with E-state index in [0.717, 1.165) is 21.3 Å². The maximum absolute atomic E-state index is 10.6. The Morgan fingerprint density at radius 1 is 1.23 bits per heavy atom. The second kappa shape index (κ2) is 5.69. The van der Waals surface area contributed by atoms with E-state index in [1.165, 1.54) is 23.3 Å². The second-order valence-electron chi connectivity index (χ2n) is 4.85. The maximum atomic E-state index is 10.6. The van der Waals surface area contributed by atoms with Crippen molar-refractivity contribution in [1.29, 1.82) is 0 Å². The summed E-state index contributed by atoms with van der Waals surface area (Å²) in [5, 5.41) is 11.6. The summed E-state index contributed by atoms with van der Waals surface area (Å²) in [5.41, 5.74) is 2.04. The minimum atomic E-state index is -0.421. The van der Waals surface area contributed by atoms with Crippen LogP contribution < -0.4 is 4.74 Å². The van der Waals surface area contributed by atoms with Gasteiger partial charge in [0.15, 0.2) is 0 Å². The number of aromatic nitrogens is 2. The summed E-state index contributed by atoms with van der Waals surface area (Å²) in [4.78, 5) is 20.8. The number of ether oxygens (including phenoxy) is 1. The largest absolute Gasteiger partial charge is 0.472 e. The summed E-state index contributed by atoms with van der Waals surface area (Å²) in [5.74, 6) is 0.546. The zero-order valence-electron chi connectivity index (χ0n) is 12.1. The van der Waals surface area contributed by atoms with Crippen molar-refractivity contribution in [2.24, 2.45) is 0 Å². The third-order valence-corrected chi connectivity index (χ3v) is 4.57. The average Bonchev–Trinajstić information content (AvgIpc) is 2.81. The van der Waals surface area contributed by atoms with Crippen LogP contribution in [0.5, 0.6) is 5.88 Å². The molecule has 0 aliphatic rings. The van der Waals surface area contributed by atoms with E-state index in [1.807, 2.05) is 13.8 Å². The molecule has 0 saturated carbocycles. The highest BCUT2D eigenvalue weighted by molar-refractivity contribution is 7.18. The normalized spacial score (nSPS) is 10.8. The molecule has 1 aromatic carbocycles. The van der Waals surface area contributed by atoms with Crippen LogP contribution in [0.4, 0.5) is 5.69 Å². The van der Waals surface area contributed by atoms with Crippen LogP contribution in [0, 0.1) is 24.0 Å². The minimum absolute atomic E-state index is 0.0671. The number of nitrogens with zero attached hydrogens (tertiary/aromatic N) is 3. The SMILES string of the molecule is Cc1sc2ncnc(OCc3ccc([N+](=O)[O-])cc3)c2c1C. The first-order valence-electron chi connectivity index (χ1n) is 6.63. The number of benzene rings is 1. The van der Waals surface area contributed by atoms with Gasteiger partial charge in [0.1, 0.15) is 17.8 Å². The fraction of sp³-hybridized carbons (Fsp3) is 0.200. The van der Waals surface area contributed by atoms with Crippen molar-refractivity contribution in [2.45, 2.75) is 20.5 Å². The van der Waals surface area contributed by atoms with Crippen LogP contribution in [-0.2, 0) is 6.61 Å². The Labute approximate surface area is 130 Å². The molecule has 0 unspecified atom stereocenters. The van der Waals surface area contributed by atoms with Crippen molar-refractivity contribution in [1.82, 2.24) is 9.97 Å². The highest BCUT2D eigenvalue weighted by Crippen LogP contribution is 2.33. The van der Waals surface area contributed by atoms with Crippen molar-refractivity contribution >= 4 is 27.2 Å². The first-order valence-corrected chi connectivity index (χ1v) is 7.44. The summed E-state index contributed by atoms with van der Waals surface area (Å²) >= 11 is 1.61. The van der Waals surface area contributed by atoms with Crippen molar-refractivity contribution in [3.8, 4) is 5.88 Å². The van der Waals surface area contributed by atoms with E-state index in [0.29, 0.717) is 12.5 Å². The highest BCUT2D eigenvalue weighted by Gasteiger charge is 2.13. The molecule has 0 spiro atoms. The van der Waals surface area contributed by atoms with Gasteiger partial charge in [-0.2, -0.15) is 0 Å². The molecular formula is C15H13N3O3S. The Morgan fingerprint density at radius 2 is 1.95 bits per heavy atom. The summed E-state index contributed by atoms with van der Waals surface area (Å²) in [6.45, 7) is 4.37. The van der Waals surface area contributed by atoms with Crippen LogP contribution in [0.2, 0.25) is 0 Å². The molecule has 2 aromatic heterocycles. The number of fused-ring (bicyclic) bond motifs is 1. The lowest BCUT2D eigenvalue weighted by Gasteiger charge is -2.06. The van der Waals surface area contributed by atoms with Gasteiger partial charge in [0, 0.05) is 17.0 Å². The Kier molecular flexibility index (Phi) is 3.72. The smallest absolute Gasteiger partial charge is 0.269 e. The summed E-state index contributed by atoms with van der Waals surface area (Å²) < 4.78 is 5.79. The first-order chi connectivity index (χ1) is 10.6. The number of aryl methyl sites for hydroxylation is 2. The van der Waals surface area contributed by atoms with Gasteiger partial charge in [0.25, 0.3) is 5.69 Å². The van der Waals surface area contributed by atoms with E-state index in [9.17, 15) is 10.1 Å². The van der Waals surface area contributed by atoms with Gasteiger partial charge in [-0.15, -0.1) is 11.3 Å². The molecule has 112 valence electrons.